The van der Waals surface area contributed by atoms with Crippen LogP contribution >= 0.6 is 11.6 Å². The molecule has 0 bridgehead atoms. The van der Waals surface area contributed by atoms with Crippen molar-refractivity contribution in [3.05, 3.63) is 17.6 Å². The molecule has 11 heavy (non-hydrogen) atoms. The topological polar surface area (TPSA) is 75.6 Å². The fraction of sp³-hybridized carbons (Fsp3) is 0.167. The Morgan fingerprint density at radius 3 is 2.91 bits per heavy atom. The molecule has 0 saturated carbocycles. The summed E-state index contributed by atoms with van der Waals surface area (Å²) in [6, 6.07) is 1.80. The van der Waals surface area contributed by atoms with E-state index in [4.69, 9.17) is 22.6 Å². The first-order chi connectivity index (χ1) is 5.27. The predicted octanol–water partition coefficient (Wildman–Crippen LogP) is 0.669. The van der Waals surface area contributed by atoms with Gasteiger partial charge in [0.15, 0.2) is 11.5 Å². The Kier molecular flexibility index (Phi) is 2.24. The lowest BCUT2D eigenvalue weighted by atomic mass is 10.4. The lowest BCUT2D eigenvalue weighted by Gasteiger charge is -1.96. The number of hydrogen-bond donors (Lipinski definition) is 1. The second-order valence-corrected chi connectivity index (χ2v) is 2.11. The van der Waals surface area contributed by atoms with Crippen LogP contribution in [0.2, 0.25) is 0 Å². The van der Waals surface area contributed by atoms with Gasteiger partial charge in [0, 0.05) is 0 Å². The normalized spacial score (nSPS) is 9.09. The number of nitrogens with two attached hydrogens (primary N) is 1. The maximum absolute atomic E-state index is 8.42. The first kappa shape index (κ1) is 7.76. The highest BCUT2D eigenvalue weighted by molar-refractivity contribution is 6.16. The van der Waals surface area contributed by atoms with Gasteiger partial charge in [0.1, 0.15) is 6.07 Å². The molecule has 1 heterocycles. The molecule has 0 aliphatic heterocycles. The van der Waals surface area contributed by atoms with Crippen LogP contribution in [-0.2, 0) is 5.88 Å². The SMILES string of the molecule is N#Cc1ncc(CCl)nc1N. The molecule has 5 heteroatoms. The van der Waals surface area contributed by atoms with Crippen molar-refractivity contribution < 1.29 is 0 Å². The van der Waals surface area contributed by atoms with Gasteiger partial charge in [0.25, 0.3) is 0 Å². The first-order valence-corrected chi connectivity index (χ1v) is 3.39. The van der Waals surface area contributed by atoms with Gasteiger partial charge >= 0.3 is 0 Å². The zero-order valence-electron chi connectivity index (χ0n) is 5.58. The van der Waals surface area contributed by atoms with Gasteiger partial charge in [-0.05, 0) is 0 Å². The van der Waals surface area contributed by atoms with Crippen LogP contribution < -0.4 is 5.73 Å². The van der Waals surface area contributed by atoms with Crippen molar-refractivity contribution in [1.29, 1.82) is 5.26 Å². The fourth-order valence-corrected chi connectivity index (χ4v) is 0.721. The smallest absolute Gasteiger partial charge is 0.182 e. The van der Waals surface area contributed by atoms with E-state index in [1.165, 1.54) is 6.20 Å². The van der Waals surface area contributed by atoms with Crippen LogP contribution in [0.3, 0.4) is 0 Å². The second-order valence-electron chi connectivity index (χ2n) is 1.84. The third kappa shape index (κ3) is 1.57. The van der Waals surface area contributed by atoms with Crippen molar-refractivity contribution in [2.24, 2.45) is 0 Å². The van der Waals surface area contributed by atoms with Gasteiger partial charge in [-0.3, -0.25) is 0 Å². The monoisotopic (exact) mass is 168 g/mol. The summed E-state index contributed by atoms with van der Waals surface area (Å²) >= 11 is 5.45. The Morgan fingerprint density at radius 2 is 2.45 bits per heavy atom. The number of anilines is 1. The number of nitriles is 1. The Morgan fingerprint density at radius 1 is 1.73 bits per heavy atom. The summed E-state index contributed by atoms with van der Waals surface area (Å²) < 4.78 is 0. The summed E-state index contributed by atoms with van der Waals surface area (Å²) in [5.74, 6) is 0.383. The molecule has 0 spiro atoms. The zero-order valence-corrected chi connectivity index (χ0v) is 6.34. The van der Waals surface area contributed by atoms with Gasteiger partial charge in [-0.2, -0.15) is 5.26 Å². The number of rotatable bonds is 1. The highest BCUT2D eigenvalue weighted by atomic mass is 35.5. The average molecular weight is 169 g/mol. The van der Waals surface area contributed by atoms with E-state index < -0.39 is 0 Å². The zero-order chi connectivity index (χ0) is 8.27. The van der Waals surface area contributed by atoms with Crippen molar-refractivity contribution in [1.82, 2.24) is 9.97 Å². The minimum atomic E-state index is 0.130. The number of alkyl halides is 1. The Labute approximate surface area is 68.6 Å². The van der Waals surface area contributed by atoms with E-state index in [2.05, 4.69) is 9.97 Å². The molecule has 0 atom stereocenters. The molecule has 1 rings (SSSR count). The van der Waals surface area contributed by atoms with Gasteiger partial charge in [0.05, 0.1) is 17.8 Å². The van der Waals surface area contributed by atoms with Gasteiger partial charge in [0.2, 0.25) is 0 Å². The minimum absolute atomic E-state index is 0.130. The Balaban J connectivity index is 3.12. The molecule has 0 radical (unpaired) electrons. The summed E-state index contributed by atoms with van der Waals surface area (Å²) in [6.07, 6.45) is 1.43. The van der Waals surface area contributed by atoms with Crippen molar-refractivity contribution in [2.45, 2.75) is 5.88 Å². The van der Waals surface area contributed by atoms with Crippen molar-refractivity contribution in [3.63, 3.8) is 0 Å². The van der Waals surface area contributed by atoms with E-state index in [0.29, 0.717) is 5.69 Å². The molecule has 0 saturated heterocycles. The van der Waals surface area contributed by atoms with E-state index in [1.807, 2.05) is 0 Å². The number of aromatic nitrogens is 2. The van der Waals surface area contributed by atoms with Crippen LogP contribution in [0.25, 0.3) is 0 Å². The molecular weight excluding hydrogens is 164 g/mol. The molecular formula is C6H5ClN4. The summed E-state index contributed by atoms with van der Waals surface area (Å²) in [5.41, 5.74) is 6.06. The molecule has 1 aromatic rings. The molecule has 0 aliphatic rings. The highest BCUT2D eigenvalue weighted by Crippen LogP contribution is 2.05. The predicted molar refractivity (Wildman–Crippen MR) is 40.7 cm³/mol. The largest absolute Gasteiger partial charge is 0.381 e. The minimum Gasteiger partial charge on any atom is -0.381 e. The molecule has 56 valence electrons. The maximum atomic E-state index is 8.42. The molecule has 2 N–H and O–H groups in total. The standard InChI is InChI=1S/C6H5ClN4/c7-1-4-3-10-5(2-8)6(9)11-4/h3H,1H2,(H2,9,11). The third-order valence-electron chi connectivity index (χ3n) is 1.09. The van der Waals surface area contributed by atoms with E-state index in [0.717, 1.165) is 0 Å². The number of halogens is 1. The maximum Gasteiger partial charge on any atom is 0.182 e. The van der Waals surface area contributed by atoms with Gasteiger partial charge in [-0.15, -0.1) is 11.6 Å². The average Bonchev–Trinajstić information content (AvgIpc) is 2.04. The van der Waals surface area contributed by atoms with E-state index in [9.17, 15) is 0 Å². The number of nitrogens with zero attached hydrogens (tertiary/aromatic N) is 3. The third-order valence-corrected chi connectivity index (χ3v) is 1.37. The molecule has 0 unspecified atom stereocenters. The first-order valence-electron chi connectivity index (χ1n) is 2.85. The molecule has 0 aliphatic carbocycles. The number of nitrogen functional groups attached to an aromatic ring is 1. The molecule has 1 aromatic heterocycles. The van der Waals surface area contributed by atoms with E-state index >= 15 is 0 Å². The number of hydrogen-bond acceptors (Lipinski definition) is 4. The van der Waals surface area contributed by atoms with Crippen LogP contribution in [0.15, 0.2) is 6.20 Å². The van der Waals surface area contributed by atoms with Gasteiger partial charge in [-0.25, -0.2) is 9.97 Å². The van der Waals surface area contributed by atoms with Crippen LogP contribution in [0, 0.1) is 11.3 Å². The lowest BCUT2D eigenvalue weighted by molar-refractivity contribution is 1.09. The van der Waals surface area contributed by atoms with E-state index in [1.54, 1.807) is 6.07 Å². The summed E-state index contributed by atoms with van der Waals surface area (Å²) in [7, 11) is 0. The molecule has 0 aromatic carbocycles. The summed E-state index contributed by atoms with van der Waals surface area (Å²) in [4.78, 5) is 7.56. The molecule has 0 amide bonds. The lowest BCUT2D eigenvalue weighted by Crippen LogP contribution is -1.99. The Hall–Kier alpha value is -1.34. The fourth-order valence-electron chi connectivity index (χ4n) is 0.592. The van der Waals surface area contributed by atoms with Crippen molar-refractivity contribution in [3.8, 4) is 6.07 Å². The Bertz CT molecular complexity index is 304. The van der Waals surface area contributed by atoms with Crippen LogP contribution in [0.5, 0.6) is 0 Å². The summed E-state index contributed by atoms with van der Waals surface area (Å²) in [5, 5.41) is 8.42. The van der Waals surface area contributed by atoms with Gasteiger partial charge < -0.3 is 5.73 Å². The quantitative estimate of drug-likeness (QED) is 0.626. The van der Waals surface area contributed by atoms with Crippen molar-refractivity contribution >= 4 is 17.4 Å². The highest BCUT2D eigenvalue weighted by Gasteiger charge is 2.01. The second kappa shape index (κ2) is 3.17. The van der Waals surface area contributed by atoms with Crippen LogP contribution in [-0.4, -0.2) is 9.97 Å². The van der Waals surface area contributed by atoms with Gasteiger partial charge in [-0.1, -0.05) is 0 Å². The van der Waals surface area contributed by atoms with E-state index in [-0.39, 0.29) is 17.4 Å². The molecule has 4 nitrogen and oxygen atoms in total. The summed E-state index contributed by atoms with van der Waals surface area (Å²) in [6.45, 7) is 0. The van der Waals surface area contributed by atoms with Crippen LogP contribution in [0.1, 0.15) is 11.4 Å². The van der Waals surface area contributed by atoms with Crippen molar-refractivity contribution in [2.75, 3.05) is 5.73 Å². The van der Waals surface area contributed by atoms with Crippen LogP contribution in [0.4, 0.5) is 5.82 Å². The molecule has 0 fully saturated rings.